The largest absolute Gasteiger partial charge is 0.455 e. The second-order valence-corrected chi connectivity index (χ2v) is 5.64. The van der Waals surface area contributed by atoms with Crippen molar-refractivity contribution in [2.45, 2.75) is 26.4 Å². The molecule has 102 valence electrons. The van der Waals surface area contributed by atoms with Crippen LogP contribution in [0.1, 0.15) is 31.3 Å². The van der Waals surface area contributed by atoms with E-state index in [4.69, 9.17) is 4.74 Å². The first-order valence-corrected chi connectivity index (χ1v) is 6.40. The van der Waals surface area contributed by atoms with Crippen LogP contribution in [-0.2, 0) is 4.74 Å². The van der Waals surface area contributed by atoms with Crippen LogP contribution in [0.4, 0.5) is 0 Å². The zero-order valence-corrected chi connectivity index (χ0v) is 11.6. The highest BCUT2D eigenvalue weighted by atomic mass is 16.6. The predicted octanol–water partition coefficient (Wildman–Crippen LogP) is 3.07. The summed E-state index contributed by atoms with van der Waals surface area (Å²) in [6, 6.07) is 5.52. The molecule has 0 bridgehead atoms. The minimum atomic E-state index is -0.536. The molecule has 0 unspecified atom stereocenters. The topological polar surface area (TPSA) is 67.9 Å². The summed E-state index contributed by atoms with van der Waals surface area (Å²) in [5.41, 5.74) is 2.36. The highest BCUT2D eigenvalue weighted by Crippen LogP contribution is 2.23. The second kappa shape index (κ2) is 4.30. The molecule has 5 nitrogen and oxygen atoms in total. The molecule has 1 N–H and O–H groups in total. The summed E-state index contributed by atoms with van der Waals surface area (Å²) in [6.45, 7) is 5.49. The van der Waals surface area contributed by atoms with Gasteiger partial charge in [-0.05, 0) is 39.0 Å². The average molecular weight is 269 g/mol. The molecule has 0 amide bonds. The van der Waals surface area contributed by atoms with Crippen molar-refractivity contribution in [1.82, 2.24) is 15.0 Å². The lowest BCUT2D eigenvalue weighted by molar-refractivity contribution is 0.00631. The van der Waals surface area contributed by atoms with Crippen LogP contribution in [0, 0.1) is 0 Å². The Balaban J connectivity index is 2.10. The van der Waals surface area contributed by atoms with Crippen LogP contribution in [0.3, 0.4) is 0 Å². The van der Waals surface area contributed by atoms with E-state index in [2.05, 4.69) is 15.0 Å². The molecule has 3 rings (SSSR count). The van der Waals surface area contributed by atoms with Gasteiger partial charge in [0.15, 0.2) is 0 Å². The summed E-state index contributed by atoms with van der Waals surface area (Å²) in [7, 11) is 0. The van der Waals surface area contributed by atoms with Crippen molar-refractivity contribution in [1.29, 1.82) is 0 Å². The van der Waals surface area contributed by atoms with Gasteiger partial charge in [-0.1, -0.05) is 0 Å². The molecule has 0 radical (unpaired) electrons. The molecule has 3 aromatic heterocycles. The molecule has 0 spiro atoms. The number of fused-ring (bicyclic) bond motifs is 3. The van der Waals surface area contributed by atoms with Gasteiger partial charge in [0.05, 0.1) is 22.7 Å². The van der Waals surface area contributed by atoms with Gasteiger partial charge in [-0.3, -0.25) is 4.98 Å². The van der Waals surface area contributed by atoms with Crippen molar-refractivity contribution in [3.8, 4) is 0 Å². The lowest BCUT2D eigenvalue weighted by Gasteiger charge is -2.18. The van der Waals surface area contributed by atoms with Crippen molar-refractivity contribution in [2.75, 3.05) is 0 Å². The Morgan fingerprint density at radius 2 is 2.05 bits per heavy atom. The van der Waals surface area contributed by atoms with E-state index in [1.165, 1.54) is 0 Å². The molecular weight excluding hydrogens is 254 g/mol. The van der Waals surface area contributed by atoms with Gasteiger partial charge >= 0.3 is 5.97 Å². The van der Waals surface area contributed by atoms with Gasteiger partial charge in [0.1, 0.15) is 11.3 Å². The van der Waals surface area contributed by atoms with Crippen LogP contribution >= 0.6 is 0 Å². The number of hydrogen-bond donors (Lipinski definition) is 1. The van der Waals surface area contributed by atoms with Crippen molar-refractivity contribution in [2.24, 2.45) is 0 Å². The fraction of sp³-hybridized carbons (Fsp3) is 0.267. The zero-order chi connectivity index (χ0) is 14.3. The quantitative estimate of drug-likeness (QED) is 0.689. The number of pyridine rings is 2. The van der Waals surface area contributed by atoms with E-state index in [0.29, 0.717) is 5.69 Å². The van der Waals surface area contributed by atoms with Gasteiger partial charge in [-0.15, -0.1) is 0 Å². The standard InChI is InChI=1S/C15H15N3O2/c1-15(2,3)20-14(19)11-7-9-12(8-17-11)18-10-5-4-6-16-13(9)10/h4-8,18H,1-3H3. The molecular formula is C15H15N3O2. The summed E-state index contributed by atoms with van der Waals surface area (Å²) in [6.07, 6.45) is 3.36. The Hall–Kier alpha value is -2.43. The fourth-order valence-electron chi connectivity index (χ4n) is 2.06. The zero-order valence-electron chi connectivity index (χ0n) is 11.6. The monoisotopic (exact) mass is 269 g/mol. The van der Waals surface area contributed by atoms with E-state index in [-0.39, 0.29) is 0 Å². The van der Waals surface area contributed by atoms with Crippen LogP contribution in [0.5, 0.6) is 0 Å². The molecule has 0 aliphatic heterocycles. The predicted molar refractivity (Wildman–Crippen MR) is 76.6 cm³/mol. The first-order valence-electron chi connectivity index (χ1n) is 6.40. The number of hydrogen-bond acceptors (Lipinski definition) is 4. The molecule has 0 atom stereocenters. The van der Waals surface area contributed by atoms with E-state index in [0.717, 1.165) is 21.9 Å². The number of carbonyl (C=O) groups excluding carboxylic acids is 1. The number of esters is 1. The molecule has 0 fully saturated rings. The van der Waals surface area contributed by atoms with Gasteiger partial charge in [-0.2, -0.15) is 0 Å². The van der Waals surface area contributed by atoms with Crippen molar-refractivity contribution < 1.29 is 9.53 Å². The number of nitrogens with zero attached hydrogens (tertiary/aromatic N) is 2. The summed E-state index contributed by atoms with van der Waals surface area (Å²) in [5.74, 6) is -0.426. The third kappa shape index (κ3) is 2.22. The van der Waals surface area contributed by atoms with Crippen molar-refractivity contribution in [3.63, 3.8) is 0 Å². The molecule has 3 aromatic rings. The van der Waals surface area contributed by atoms with E-state index >= 15 is 0 Å². The third-order valence-electron chi connectivity index (χ3n) is 2.84. The van der Waals surface area contributed by atoms with E-state index in [1.54, 1.807) is 18.5 Å². The van der Waals surface area contributed by atoms with E-state index < -0.39 is 11.6 Å². The normalized spacial score (nSPS) is 11.9. The molecule has 0 aliphatic rings. The van der Waals surface area contributed by atoms with E-state index in [1.807, 2.05) is 32.9 Å². The lowest BCUT2D eigenvalue weighted by atomic mass is 10.2. The number of rotatable bonds is 1. The first kappa shape index (κ1) is 12.6. The molecule has 20 heavy (non-hydrogen) atoms. The minimum absolute atomic E-state index is 0.291. The number of nitrogens with one attached hydrogen (secondary N) is 1. The highest BCUT2D eigenvalue weighted by molar-refractivity contribution is 6.06. The number of carbonyl (C=O) groups is 1. The average Bonchev–Trinajstić information content (AvgIpc) is 2.74. The summed E-state index contributed by atoms with van der Waals surface area (Å²) in [4.78, 5) is 23.7. The van der Waals surface area contributed by atoms with Crippen molar-refractivity contribution >= 4 is 27.9 Å². The summed E-state index contributed by atoms with van der Waals surface area (Å²) in [5, 5.41) is 0.872. The first-order chi connectivity index (χ1) is 9.44. The minimum Gasteiger partial charge on any atom is -0.455 e. The molecule has 0 saturated carbocycles. The number of aromatic nitrogens is 3. The highest BCUT2D eigenvalue weighted by Gasteiger charge is 2.19. The summed E-state index contributed by atoms with van der Waals surface area (Å²) < 4.78 is 5.33. The van der Waals surface area contributed by atoms with Gasteiger partial charge in [0.25, 0.3) is 0 Å². The molecule has 3 heterocycles. The fourth-order valence-corrected chi connectivity index (χ4v) is 2.06. The Morgan fingerprint density at radius 1 is 1.25 bits per heavy atom. The van der Waals surface area contributed by atoms with Gasteiger partial charge < -0.3 is 9.72 Å². The van der Waals surface area contributed by atoms with Crippen LogP contribution in [0.25, 0.3) is 21.9 Å². The Labute approximate surface area is 116 Å². The van der Waals surface area contributed by atoms with E-state index in [9.17, 15) is 4.79 Å². The lowest BCUT2D eigenvalue weighted by Crippen LogP contribution is -2.24. The molecule has 0 saturated heterocycles. The Morgan fingerprint density at radius 3 is 2.80 bits per heavy atom. The number of H-pyrrole nitrogens is 1. The maximum Gasteiger partial charge on any atom is 0.357 e. The molecule has 5 heteroatoms. The smallest absolute Gasteiger partial charge is 0.357 e. The van der Waals surface area contributed by atoms with Gasteiger partial charge in [-0.25, -0.2) is 9.78 Å². The van der Waals surface area contributed by atoms with Crippen molar-refractivity contribution in [3.05, 3.63) is 36.3 Å². The third-order valence-corrected chi connectivity index (χ3v) is 2.84. The Bertz CT molecular complexity index is 800. The Kier molecular flexibility index (Phi) is 2.71. The maximum absolute atomic E-state index is 12.0. The van der Waals surface area contributed by atoms with Crippen LogP contribution in [0.15, 0.2) is 30.6 Å². The molecule has 0 aromatic carbocycles. The number of ether oxygens (including phenoxy) is 1. The van der Waals surface area contributed by atoms with Crippen LogP contribution in [-0.4, -0.2) is 26.5 Å². The van der Waals surface area contributed by atoms with Crippen LogP contribution < -0.4 is 0 Å². The second-order valence-electron chi connectivity index (χ2n) is 5.64. The molecule has 0 aliphatic carbocycles. The number of aromatic amines is 1. The SMILES string of the molecule is CC(C)(C)OC(=O)c1cc2c(cn1)[nH]c1cccnc12. The van der Waals surface area contributed by atoms with Gasteiger partial charge in [0.2, 0.25) is 0 Å². The maximum atomic E-state index is 12.0. The summed E-state index contributed by atoms with van der Waals surface area (Å²) >= 11 is 0. The van der Waals surface area contributed by atoms with Crippen LogP contribution in [0.2, 0.25) is 0 Å². The van der Waals surface area contributed by atoms with Gasteiger partial charge in [0, 0.05) is 11.6 Å².